The summed E-state index contributed by atoms with van der Waals surface area (Å²) in [6, 6.07) is 7.86. The zero-order chi connectivity index (χ0) is 15.3. The molecule has 0 aromatic heterocycles. The number of benzene rings is 1. The molecule has 0 heterocycles. The lowest BCUT2D eigenvalue weighted by atomic mass is 9.65. The van der Waals surface area contributed by atoms with Crippen molar-refractivity contribution < 1.29 is 9.84 Å². The summed E-state index contributed by atoms with van der Waals surface area (Å²) in [6.07, 6.45) is 4.89. The molecule has 3 unspecified atom stereocenters. The fourth-order valence-corrected chi connectivity index (χ4v) is 3.59. The van der Waals surface area contributed by atoms with Gasteiger partial charge in [-0.05, 0) is 42.9 Å². The van der Waals surface area contributed by atoms with Crippen LogP contribution in [0.15, 0.2) is 24.3 Å². The molecule has 1 aromatic carbocycles. The molecule has 3 nitrogen and oxygen atoms in total. The number of nitrogens with two attached hydrogens (primary N) is 1. The molecule has 0 amide bonds. The van der Waals surface area contributed by atoms with Gasteiger partial charge in [0.1, 0.15) is 5.75 Å². The summed E-state index contributed by atoms with van der Waals surface area (Å²) >= 11 is 0. The highest BCUT2D eigenvalue weighted by Crippen LogP contribution is 2.47. The number of rotatable bonds is 6. The first-order valence-corrected chi connectivity index (χ1v) is 8.22. The van der Waals surface area contributed by atoms with Gasteiger partial charge in [0.05, 0.1) is 12.7 Å². The summed E-state index contributed by atoms with van der Waals surface area (Å²) in [5.74, 6) is 1.47. The molecule has 0 aliphatic heterocycles. The summed E-state index contributed by atoms with van der Waals surface area (Å²) < 4.78 is 5.68. The van der Waals surface area contributed by atoms with Crippen molar-refractivity contribution in [2.75, 3.05) is 13.2 Å². The van der Waals surface area contributed by atoms with Crippen LogP contribution in [0.1, 0.15) is 57.6 Å². The predicted molar refractivity (Wildman–Crippen MR) is 86.3 cm³/mol. The van der Waals surface area contributed by atoms with Crippen molar-refractivity contribution in [2.45, 2.75) is 52.1 Å². The minimum absolute atomic E-state index is 0.180. The summed E-state index contributed by atoms with van der Waals surface area (Å²) in [5, 5.41) is 10.9. The van der Waals surface area contributed by atoms with Gasteiger partial charge in [0, 0.05) is 12.0 Å². The van der Waals surface area contributed by atoms with E-state index in [0.29, 0.717) is 19.1 Å². The predicted octanol–water partition coefficient (Wildman–Crippen LogP) is 3.66. The lowest BCUT2D eigenvalue weighted by Crippen LogP contribution is -2.40. The van der Waals surface area contributed by atoms with E-state index in [4.69, 9.17) is 10.5 Å². The molecule has 3 atom stereocenters. The summed E-state index contributed by atoms with van der Waals surface area (Å²) in [5.41, 5.74) is 6.82. The Hall–Kier alpha value is -1.06. The van der Waals surface area contributed by atoms with E-state index in [-0.39, 0.29) is 5.41 Å². The average molecular weight is 291 g/mol. The van der Waals surface area contributed by atoms with Crippen LogP contribution < -0.4 is 10.5 Å². The zero-order valence-corrected chi connectivity index (χ0v) is 13.3. The Balaban J connectivity index is 2.18. The number of aliphatic hydroxyl groups excluding tert-OH is 1. The van der Waals surface area contributed by atoms with E-state index in [2.05, 4.69) is 13.8 Å². The highest BCUT2D eigenvalue weighted by Gasteiger charge is 2.40. The fraction of sp³-hybridized carbons (Fsp3) is 0.667. The van der Waals surface area contributed by atoms with Gasteiger partial charge in [-0.1, -0.05) is 38.8 Å². The Morgan fingerprint density at radius 3 is 2.95 bits per heavy atom. The second-order valence-corrected chi connectivity index (χ2v) is 6.59. The molecule has 0 radical (unpaired) electrons. The molecule has 0 bridgehead atoms. The topological polar surface area (TPSA) is 55.5 Å². The van der Waals surface area contributed by atoms with Crippen LogP contribution in [0, 0.1) is 11.3 Å². The monoisotopic (exact) mass is 291 g/mol. The molecule has 0 spiro atoms. The molecular weight excluding hydrogens is 262 g/mol. The van der Waals surface area contributed by atoms with Gasteiger partial charge >= 0.3 is 0 Å². The normalized spacial score (nSPS) is 27.3. The van der Waals surface area contributed by atoms with Crippen LogP contribution in [0.2, 0.25) is 0 Å². The standard InChI is InChI=1S/C18H29NO2/c1-3-10-21-16-8-4-7-15(11-16)17(20)18(13-19)9-5-6-14(2)12-18/h4,7-8,11,14,17,20H,3,5-6,9-10,12-13,19H2,1-2H3. The van der Waals surface area contributed by atoms with Crippen molar-refractivity contribution >= 4 is 0 Å². The van der Waals surface area contributed by atoms with E-state index in [9.17, 15) is 5.11 Å². The molecule has 1 aliphatic rings. The first-order chi connectivity index (χ1) is 10.1. The molecule has 1 saturated carbocycles. The second-order valence-electron chi connectivity index (χ2n) is 6.59. The van der Waals surface area contributed by atoms with E-state index in [0.717, 1.165) is 37.0 Å². The quantitative estimate of drug-likeness (QED) is 0.841. The van der Waals surface area contributed by atoms with Gasteiger partial charge in [0.2, 0.25) is 0 Å². The van der Waals surface area contributed by atoms with E-state index in [1.54, 1.807) is 0 Å². The van der Waals surface area contributed by atoms with Crippen LogP contribution in [-0.4, -0.2) is 18.3 Å². The number of hydrogen-bond acceptors (Lipinski definition) is 3. The zero-order valence-electron chi connectivity index (χ0n) is 13.3. The maximum Gasteiger partial charge on any atom is 0.119 e. The molecule has 118 valence electrons. The molecule has 1 aliphatic carbocycles. The Morgan fingerprint density at radius 1 is 1.48 bits per heavy atom. The highest BCUT2D eigenvalue weighted by molar-refractivity contribution is 5.31. The Labute approximate surface area is 128 Å². The van der Waals surface area contributed by atoms with Crippen molar-refractivity contribution in [3.05, 3.63) is 29.8 Å². The third-order valence-electron chi connectivity index (χ3n) is 4.76. The maximum absolute atomic E-state index is 10.9. The van der Waals surface area contributed by atoms with Crippen molar-refractivity contribution in [3.8, 4) is 5.75 Å². The number of ether oxygens (including phenoxy) is 1. The smallest absolute Gasteiger partial charge is 0.119 e. The molecule has 0 saturated heterocycles. The van der Waals surface area contributed by atoms with E-state index < -0.39 is 6.10 Å². The highest BCUT2D eigenvalue weighted by atomic mass is 16.5. The SMILES string of the molecule is CCCOc1cccc(C(O)C2(CN)CCCC(C)C2)c1. The summed E-state index contributed by atoms with van der Waals surface area (Å²) in [6.45, 7) is 5.60. The van der Waals surface area contributed by atoms with Crippen molar-refractivity contribution in [1.82, 2.24) is 0 Å². The Kier molecular flexibility index (Phi) is 5.65. The number of aliphatic hydroxyl groups is 1. The van der Waals surface area contributed by atoms with Crippen LogP contribution >= 0.6 is 0 Å². The molecule has 3 heteroatoms. The lowest BCUT2D eigenvalue weighted by molar-refractivity contribution is -0.0131. The van der Waals surface area contributed by atoms with Crippen LogP contribution in [0.3, 0.4) is 0 Å². The molecule has 2 rings (SSSR count). The first-order valence-electron chi connectivity index (χ1n) is 8.22. The van der Waals surface area contributed by atoms with Crippen molar-refractivity contribution in [3.63, 3.8) is 0 Å². The Morgan fingerprint density at radius 2 is 2.29 bits per heavy atom. The minimum atomic E-state index is -0.504. The van der Waals surface area contributed by atoms with E-state index in [1.165, 1.54) is 6.42 Å². The third-order valence-corrected chi connectivity index (χ3v) is 4.76. The van der Waals surface area contributed by atoms with E-state index >= 15 is 0 Å². The van der Waals surface area contributed by atoms with Gasteiger partial charge in [-0.25, -0.2) is 0 Å². The third kappa shape index (κ3) is 3.78. The van der Waals surface area contributed by atoms with Gasteiger partial charge in [-0.2, -0.15) is 0 Å². The summed E-state index contributed by atoms with van der Waals surface area (Å²) in [7, 11) is 0. The van der Waals surface area contributed by atoms with Crippen LogP contribution in [-0.2, 0) is 0 Å². The summed E-state index contributed by atoms with van der Waals surface area (Å²) in [4.78, 5) is 0. The lowest BCUT2D eigenvalue weighted by Gasteiger charge is -2.43. The average Bonchev–Trinajstić information content (AvgIpc) is 2.52. The van der Waals surface area contributed by atoms with Crippen LogP contribution in [0.25, 0.3) is 0 Å². The molecule has 3 N–H and O–H groups in total. The van der Waals surface area contributed by atoms with Gasteiger partial charge in [-0.3, -0.25) is 0 Å². The molecular formula is C18H29NO2. The van der Waals surface area contributed by atoms with Gasteiger partial charge in [-0.15, -0.1) is 0 Å². The fourth-order valence-electron chi connectivity index (χ4n) is 3.59. The van der Waals surface area contributed by atoms with Gasteiger partial charge in [0.25, 0.3) is 0 Å². The van der Waals surface area contributed by atoms with Crippen LogP contribution in [0.4, 0.5) is 0 Å². The van der Waals surface area contributed by atoms with E-state index in [1.807, 2.05) is 24.3 Å². The number of hydrogen-bond donors (Lipinski definition) is 2. The molecule has 1 fully saturated rings. The van der Waals surface area contributed by atoms with Crippen molar-refractivity contribution in [1.29, 1.82) is 0 Å². The Bertz CT molecular complexity index is 449. The first kappa shape index (κ1) is 16.3. The molecule has 21 heavy (non-hydrogen) atoms. The maximum atomic E-state index is 10.9. The van der Waals surface area contributed by atoms with Crippen molar-refractivity contribution in [2.24, 2.45) is 17.1 Å². The largest absolute Gasteiger partial charge is 0.494 e. The van der Waals surface area contributed by atoms with Crippen LogP contribution in [0.5, 0.6) is 5.75 Å². The van der Waals surface area contributed by atoms with Gasteiger partial charge < -0.3 is 15.6 Å². The second kappa shape index (κ2) is 7.28. The molecule has 1 aromatic rings. The minimum Gasteiger partial charge on any atom is -0.494 e. The van der Waals surface area contributed by atoms with Gasteiger partial charge in [0.15, 0.2) is 0 Å².